The van der Waals surface area contributed by atoms with Crippen LogP contribution in [0.25, 0.3) is 0 Å². The lowest BCUT2D eigenvalue weighted by atomic mass is 10.4. The van der Waals surface area contributed by atoms with Gasteiger partial charge in [-0.2, -0.15) is 0 Å². The van der Waals surface area contributed by atoms with E-state index in [0.29, 0.717) is 18.9 Å². The summed E-state index contributed by atoms with van der Waals surface area (Å²) >= 11 is 0. The maximum Gasteiger partial charge on any atom is 0.330 e. The summed E-state index contributed by atoms with van der Waals surface area (Å²) in [5.74, 6) is 0.434. The van der Waals surface area contributed by atoms with Crippen molar-refractivity contribution in [3.63, 3.8) is 0 Å². The van der Waals surface area contributed by atoms with Gasteiger partial charge in [-0.1, -0.05) is 0 Å². The summed E-state index contributed by atoms with van der Waals surface area (Å²) in [6.07, 6.45) is 1.56. The SMILES string of the molecule is COCCn1c(N)c(NCCS(C)=O)c(=O)[nH]c1=O. The number of H-pyrrole nitrogens is 1. The van der Waals surface area contributed by atoms with Crippen molar-refractivity contribution in [2.75, 3.05) is 43.3 Å². The molecule has 0 aliphatic carbocycles. The van der Waals surface area contributed by atoms with Crippen molar-refractivity contribution in [3.05, 3.63) is 20.8 Å². The first kappa shape index (κ1) is 15.4. The highest BCUT2D eigenvalue weighted by molar-refractivity contribution is 7.84. The Morgan fingerprint density at radius 3 is 2.74 bits per heavy atom. The van der Waals surface area contributed by atoms with Gasteiger partial charge in [0.05, 0.1) is 13.2 Å². The van der Waals surface area contributed by atoms with Gasteiger partial charge in [-0.15, -0.1) is 0 Å². The van der Waals surface area contributed by atoms with E-state index in [1.54, 1.807) is 6.26 Å². The standard InChI is InChI=1S/C10H18N4O4S/c1-18-5-4-14-8(11)7(9(15)13-10(14)16)12-3-6-19(2)17/h12H,3-6,11H2,1-2H3,(H,13,15,16). The molecule has 8 nitrogen and oxygen atoms in total. The smallest absolute Gasteiger partial charge is 0.330 e. The Morgan fingerprint density at radius 2 is 2.16 bits per heavy atom. The van der Waals surface area contributed by atoms with Gasteiger partial charge in [0.25, 0.3) is 5.56 Å². The van der Waals surface area contributed by atoms with E-state index in [4.69, 9.17) is 10.5 Å². The quantitative estimate of drug-likeness (QED) is 0.565. The predicted molar refractivity (Wildman–Crippen MR) is 75.0 cm³/mol. The summed E-state index contributed by atoms with van der Waals surface area (Å²) in [5.41, 5.74) is 4.74. The van der Waals surface area contributed by atoms with E-state index >= 15 is 0 Å². The Bertz CT molecular complexity index is 566. The zero-order valence-corrected chi connectivity index (χ0v) is 11.7. The molecule has 108 valence electrons. The molecule has 19 heavy (non-hydrogen) atoms. The zero-order valence-electron chi connectivity index (χ0n) is 10.9. The number of aromatic amines is 1. The molecule has 0 aromatic carbocycles. The molecule has 0 fully saturated rings. The molecule has 0 aliphatic rings. The van der Waals surface area contributed by atoms with Gasteiger partial charge in [0.2, 0.25) is 0 Å². The molecular weight excluding hydrogens is 272 g/mol. The van der Waals surface area contributed by atoms with Crippen LogP contribution in [0.15, 0.2) is 9.59 Å². The van der Waals surface area contributed by atoms with Crippen LogP contribution in [0.2, 0.25) is 0 Å². The van der Waals surface area contributed by atoms with Gasteiger partial charge in [-0.25, -0.2) is 4.79 Å². The summed E-state index contributed by atoms with van der Waals surface area (Å²) in [5, 5.41) is 2.79. The summed E-state index contributed by atoms with van der Waals surface area (Å²) in [6.45, 7) is 0.875. The van der Waals surface area contributed by atoms with E-state index in [1.807, 2.05) is 0 Å². The highest BCUT2D eigenvalue weighted by atomic mass is 32.2. The molecule has 0 aliphatic heterocycles. The van der Waals surface area contributed by atoms with Gasteiger partial charge in [0.15, 0.2) is 0 Å². The molecular formula is C10H18N4O4S. The highest BCUT2D eigenvalue weighted by Crippen LogP contribution is 2.09. The van der Waals surface area contributed by atoms with Gasteiger partial charge in [0.1, 0.15) is 11.5 Å². The second-order valence-electron chi connectivity index (χ2n) is 3.87. The molecule has 1 heterocycles. The van der Waals surface area contributed by atoms with E-state index in [-0.39, 0.29) is 18.1 Å². The number of rotatable bonds is 7. The van der Waals surface area contributed by atoms with Crippen molar-refractivity contribution < 1.29 is 8.95 Å². The summed E-state index contributed by atoms with van der Waals surface area (Å²) in [6, 6.07) is 0. The van der Waals surface area contributed by atoms with Crippen LogP contribution >= 0.6 is 0 Å². The van der Waals surface area contributed by atoms with E-state index in [0.717, 1.165) is 0 Å². The van der Waals surface area contributed by atoms with Crippen molar-refractivity contribution >= 4 is 22.3 Å². The molecule has 1 atom stereocenters. The van der Waals surface area contributed by atoms with Crippen LogP contribution in [0, 0.1) is 0 Å². The molecule has 1 rings (SSSR count). The fourth-order valence-electron chi connectivity index (χ4n) is 1.48. The van der Waals surface area contributed by atoms with E-state index in [1.165, 1.54) is 11.7 Å². The number of ether oxygens (including phenoxy) is 1. The first-order chi connectivity index (χ1) is 8.97. The van der Waals surface area contributed by atoms with E-state index < -0.39 is 22.0 Å². The summed E-state index contributed by atoms with van der Waals surface area (Å²) in [7, 11) is 0.532. The molecule has 0 spiro atoms. The second-order valence-corrected chi connectivity index (χ2v) is 5.42. The van der Waals surface area contributed by atoms with Gasteiger partial charge in [-0.05, 0) is 0 Å². The fraction of sp³-hybridized carbons (Fsp3) is 0.600. The maximum absolute atomic E-state index is 11.6. The largest absolute Gasteiger partial charge is 0.383 e. The molecule has 0 bridgehead atoms. The van der Waals surface area contributed by atoms with Gasteiger partial charge < -0.3 is 15.8 Å². The lowest BCUT2D eigenvalue weighted by Crippen LogP contribution is -2.35. The third-order valence-corrected chi connectivity index (χ3v) is 3.23. The predicted octanol–water partition coefficient (Wildman–Crippen LogP) is -1.44. The lowest BCUT2D eigenvalue weighted by Gasteiger charge is -2.13. The molecule has 1 unspecified atom stereocenters. The summed E-state index contributed by atoms with van der Waals surface area (Å²) < 4.78 is 17.0. The number of nitrogen functional groups attached to an aromatic ring is 1. The fourth-order valence-corrected chi connectivity index (χ4v) is 1.87. The monoisotopic (exact) mass is 290 g/mol. The van der Waals surface area contributed by atoms with Crippen molar-refractivity contribution in [1.29, 1.82) is 0 Å². The van der Waals surface area contributed by atoms with E-state index in [9.17, 15) is 13.8 Å². The first-order valence-corrected chi connectivity index (χ1v) is 7.35. The normalized spacial score (nSPS) is 12.3. The van der Waals surface area contributed by atoms with Crippen molar-refractivity contribution in [2.24, 2.45) is 0 Å². The van der Waals surface area contributed by atoms with Crippen LogP contribution in [0.4, 0.5) is 11.5 Å². The molecule has 4 N–H and O–H groups in total. The average Bonchev–Trinajstić information content (AvgIpc) is 2.32. The Balaban J connectivity index is 3.00. The molecule has 0 radical (unpaired) electrons. The van der Waals surface area contributed by atoms with Crippen LogP contribution in [0.3, 0.4) is 0 Å². The number of anilines is 2. The van der Waals surface area contributed by atoms with Crippen LogP contribution in [-0.2, 0) is 22.1 Å². The van der Waals surface area contributed by atoms with Crippen molar-refractivity contribution in [1.82, 2.24) is 9.55 Å². The molecule has 0 amide bonds. The Labute approximate surface area is 112 Å². The maximum atomic E-state index is 11.6. The third-order valence-electron chi connectivity index (χ3n) is 2.45. The van der Waals surface area contributed by atoms with Gasteiger partial charge in [0, 0.05) is 36.5 Å². The highest BCUT2D eigenvalue weighted by Gasteiger charge is 2.11. The minimum Gasteiger partial charge on any atom is -0.383 e. The third kappa shape index (κ3) is 4.21. The van der Waals surface area contributed by atoms with Crippen molar-refractivity contribution in [3.8, 4) is 0 Å². The zero-order chi connectivity index (χ0) is 14.4. The Hall–Kier alpha value is -1.61. The van der Waals surface area contributed by atoms with Gasteiger partial charge in [-0.3, -0.25) is 18.6 Å². The Morgan fingerprint density at radius 1 is 1.47 bits per heavy atom. The van der Waals surface area contributed by atoms with Crippen LogP contribution in [-0.4, -0.2) is 46.0 Å². The van der Waals surface area contributed by atoms with Gasteiger partial charge >= 0.3 is 5.69 Å². The lowest BCUT2D eigenvalue weighted by molar-refractivity contribution is 0.186. The number of hydrogen-bond donors (Lipinski definition) is 3. The number of hydrogen-bond acceptors (Lipinski definition) is 6. The number of methoxy groups -OCH3 is 1. The summed E-state index contributed by atoms with van der Waals surface area (Å²) in [4.78, 5) is 25.4. The number of nitrogens with one attached hydrogen (secondary N) is 2. The first-order valence-electron chi connectivity index (χ1n) is 5.62. The molecule has 0 saturated heterocycles. The van der Waals surface area contributed by atoms with Crippen LogP contribution < -0.4 is 22.3 Å². The average molecular weight is 290 g/mol. The Kier molecular flexibility index (Phi) is 5.77. The number of nitrogens with two attached hydrogens (primary N) is 1. The van der Waals surface area contributed by atoms with Crippen LogP contribution in [0.1, 0.15) is 0 Å². The minimum atomic E-state index is -0.971. The molecule has 0 saturated carbocycles. The molecule has 9 heteroatoms. The minimum absolute atomic E-state index is 0.0488. The topological polar surface area (TPSA) is 119 Å². The van der Waals surface area contributed by atoms with E-state index in [2.05, 4.69) is 10.3 Å². The molecule has 1 aromatic rings. The number of nitrogens with zero attached hydrogens (tertiary/aromatic N) is 1. The van der Waals surface area contributed by atoms with Crippen LogP contribution in [0.5, 0.6) is 0 Å². The number of aromatic nitrogens is 2. The van der Waals surface area contributed by atoms with Crippen molar-refractivity contribution in [2.45, 2.75) is 6.54 Å². The molecule has 1 aromatic heterocycles. The second kappa shape index (κ2) is 7.10.